The maximum absolute atomic E-state index is 13.9. The molecule has 0 aliphatic carbocycles. The van der Waals surface area contributed by atoms with Gasteiger partial charge in [0.05, 0.1) is 10.6 Å². The van der Waals surface area contributed by atoms with Crippen LogP contribution in [0.5, 0.6) is 0 Å². The van der Waals surface area contributed by atoms with E-state index >= 15 is 0 Å². The van der Waals surface area contributed by atoms with Crippen LogP contribution in [0.3, 0.4) is 0 Å². The Hall–Kier alpha value is -3.34. The average molecular weight is 439 g/mol. The molecule has 2 amide bonds. The van der Waals surface area contributed by atoms with Gasteiger partial charge in [-0.1, -0.05) is 17.7 Å². The molecule has 1 aromatic carbocycles. The number of anilines is 2. The van der Waals surface area contributed by atoms with Crippen LogP contribution in [0.4, 0.5) is 21.0 Å². The summed E-state index contributed by atoms with van der Waals surface area (Å²) in [6.45, 7) is 2.78. The highest BCUT2D eigenvalue weighted by atomic mass is 35.5. The number of piperidine rings is 1. The van der Waals surface area contributed by atoms with Gasteiger partial charge in [0.25, 0.3) is 11.5 Å². The van der Waals surface area contributed by atoms with Gasteiger partial charge in [0.2, 0.25) is 5.95 Å². The zero-order valence-electron chi connectivity index (χ0n) is 16.0. The molecular weight excluding hydrogens is 419 g/mol. The van der Waals surface area contributed by atoms with Crippen molar-refractivity contribution in [3.8, 4) is 0 Å². The molecule has 1 aliphatic rings. The van der Waals surface area contributed by atoms with Gasteiger partial charge in [-0.15, -0.1) is 0 Å². The summed E-state index contributed by atoms with van der Waals surface area (Å²) in [5, 5.41) is 11.3. The van der Waals surface area contributed by atoms with Crippen LogP contribution in [-0.2, 0) is 0 Å². The van der Waals surface area contributed by atoms with Gasteiger partial charge in [-0.2, -0.15) is 4.98 Å². The fraction of sp³-hybridized carbons (Fsp3) is 0.333. The molecule has 160 valence electrons. The summed E-state index contributed by atoms with van der Waals surface area (Å²) in [5.41, 5.74) is 3.44. The fourth-order valence-electron chi connectivity index (χ4n) is 3.14. The topological polar surface area (TPSA) is 139 Å². The van der Waals surface area contributed by atoms with E-state index in [1.165, 1.54) is 24.3 Å². The highest BCUT2D eigenvalue weighted by Crippen LogP contribution is 2.25. The Morgan fingerprint density at radius 2 is 2.03 bits per heavy atom. The van der Waals surface area contributed by atoms with Crippen molar-refractivity contribution in [1.29, 1.82) is 0 Å². The van der Waals surface area contributed by atoms with Crippen molar-refractivity contribution in [3.05, 3.63) is 51.0 Å². The number of aromatic amines is 1. The number of carbonyl (C=O) groups is 2. The Morgan fingerprint density at radius 3 is 2.70 bits per heavy atom. The molecule has 5 N–H and O–H groups in total. The third-order valence-electron chi connectivity index (χ3n) is 4.82. The lowest BCUT2D eigenvalue weighted by Gasteiger charge is -2.39. The summed E-state index contributed by atoms with van der Waals surface area (Å²) in [6, 6.07) is 5.32. The van der Waals surface area contributed by atoms with Gasteiger partial charge in [-0.05, 0) is 31.9 Å². The minimum atomic E-state index is -1.08. The van der Waals surface area contributed by atoms with E-state index in [1.54, 1.807) is 0 Å². The molecule has 2 heterocycles. The molecule has 2 aromatic rings. The Bertz CT molecular complexity index is 1020. The quantitative estimate of drug-likeness (QED) is 0.449. The first kappa shape index (κ1) is 21.4. The summed E-state index contributed by atoms with van der Waals surface area (Å²) in [5.74, 6) is -1.33. The second kappa shape index (κ2) is 8.57. The summed E-state index contributed by atoms with van der Waals surface area (Å²) in [6.07, 6.45) is -0.0265. The number of hydrogen-bond donors (Lipinski definition) is 5. The van der Waals surface area contributed by atoms with Crippen LogP contribution in [0.1, 0.15) is 30.1 Å². The van der Waals surface area contributed by atoms with Crippen molar-refractivity contribution in [2.24, 2.45) is 0 Å². The zero-order valence-corrected chi connectivity index (χ0v) is 16.7. The van der Waals surface area contributed by atoms with Gasteiger partial charge in [-0.25, -0.2) is 9.18 Å². The third-order valence-corrected chi connectivity index (χ3v) is 5.11. The lowest BCUT2D eigenvalue weighted by atomic mass is 9.90. The van der Waals surface area contributed by atoms with Crippen molar-refractivity contribution in [2.75, 3.05) is 23.4 Å². The van der Waals surface area contributed by atoms with E-state index in [2.05, 4.69) is 26.1 Å². The van der Waals surface area contributed by atoms with E-state index in [9.17, 15) is 18.8 Å². The number of hydrazine groups is 1. The standard InChI is InChI=1S/C18H20ClFN6O4/c1-18(23-17(29)30)5-7-26(8-6-18)12-9-13(27)22-16(21-12)25-24-15(28)10-3-2-4-11(19)14(10)20/h2-4,9,23H,5-8H2,1H3,(H,24,28)(H,29,30)(H2,21,22,25,27). The highest BCUT2D eigenvalue weighted by molar-refractivity contribution is 6.31. The van der Waals surface area contributed by atoms with Crippen molar-refractivity contribution >= 4 is 35.4 Å². The number of H-pyrrole nitrogens is 1. The van der Waals surface area contributed by atoms with Gasteiger partial charge >= 0.3 is 6.09 Å². The molecule has 0 atom stereocenters. The van der Waals surface area contributed by atoms with Crippen LogP contribution in [-0.4, -0.2) is 45.7 Å². The number of carboxylic acid groups (broad SMARTS) is 1. The van der Waals surface area contributed by atoms with Crippen molar-refractivity contribution in [1.82, 2.24) is 20.7 Å². The first-order valence-corrected chi connectivity index (χ1v) is 9.42. The molecule has 1 saturated heterocycles. The number of amides is 2. The SMILES string of the molecule is CC1(NC(=O)O)CCN(c2cc(=O)[nH]c(NNC(=O)c3cccc(Cl)c3F)n2)CC1. The lowest BCUT2D eigenvalue weighted by Crippen LogP contribution is -2.53. The van der Waals surface area contributed by atoms with Gasteiger partial charge in [0, 0.05) is 24.7 Å². The predicted octanol–water partition coefficient (Wildman–Crippen LogP) is 1.95. The van der Waals surface area contributed by atoms with E-state index in [-0.39, 0.29) is 16.5 Å². The van der Waals surface area contributed by atoms with Crippen LogP contribution >= 0.6 is 11.6 Å². The van der Waals surface area contributed by atoms with Crippen molar-refractivity contribution < 1.29 is 19.1 Å². The van der Waals surface area contributed by atoms with E-state index in [1.807, 2.05) is 11.8 Å². The number of carbonyl (C=O) groups excluding carboxylic acids is 1. The molecule has 0 radical (unpaired) electrons. The Labute approximate surface area is 175 Å². The molecule has 10 nitrogen and oxygen atoms in total. The summed E-state index contributed by atoms with van der Waals surface area (Å²) in [4.78, 5) is 43.6. The van der Waals surface area contributed by atoms with Gasteiger partial charge < -0.3 is 15.3 Å². The number of nitrogens with zero attached hydrogens (tertiary/aromatic N) is 2. The second-order valence-electron chi connectivity index (χ2n) is 7.11. The normalized spacial score (nSPS) is 15.4. The minimum Gasteiger partial charge on any atom is -0.465 e. The number of hydrogen-bond acceptors (Lipinski definition) is 6. The molecule has 1 aliphatic heterocycles. The predicted molar refractivity (Wildman–Crippen MR) is 108 cm³/mol. The second-order valence-corrected chi connectivity index (χ2v) is 7.52. The number of nitrogens with one attached hydrogen (secondary N) is 4. The Kier molecular flexibility index (Phi) is 6.11. The maximum atomic E-state index is 13.9. The monoisotopic (exact) mass is 438 g/mol. The van der Waals surface area contributed by atoms with E-state index in [0.717, 1.165) is 0 Å². The Balaban J connectivity index is 1.67. The van der Waals surface area contributed by atoms with E-state index in [0.29, 0.717) is 31.7 Å². The van der Waals surface area contributed by atoms with Gasteiger partial charge in [-0.3, -0.25) is 25.4 Å². The Morgan fingerprint density at radius 1 is 1.33 bits per heavy atom. The van der Waals surface area contributed by atoms with Crippen LogP contribution in [0.2, 0.25) is 5.02 Å². The van der Waals surface area contributed by atoms with Crippen molar-refractivity contribution in [3.63, 3.8) is 0 Å². The molecule has 0 saturated carbocycles. The molecule has 0 spiro atoms. The summed E-state index contributed by atoms with van der Waals surface area (Å²) >= 11 is 5.67. The number of aromatic nitrogens is 2. The molecule has 0 bridgehead atoms. The van der Waals surface area contributed by atoms with Crippen molar-refractivity contribution in [2.45, 2.75) is 25.3 Å². The number of rotatable bonds is 5. The number of benzene rings is 1. The summed E-state index contributed by atoms with van der Waals surface area (Å²) < 4.78 is 13.9. The third kappa shape index (κ3) is 4.98. The molecule has 1 aromatic heterocycles. The number of halogens is 2. The summed E-state index contributed by atoms with van der Waals surface area (Å²) in [7, 11) is 0. The molecule has 1 fully saturated rings. The zero-order chi connectivity index (χ0) is 21.9. The van der Waals surface area contributed by atoms with Crippen LogP contribution in [0.25, 0.3) is 0 Å². The molecule has 12 heteroatoms. The highest BCUT2D eigenvalue weighted by Gasteiger charge is 2.32. The first-order chi connectivity index (χ1) is 14.2. The minimum absolute atomic E-state index is 0.0368. The maximum Gasteiger partial charge on any atom is 0.405 e. The molecule has 30 heavy (non-hydrogen) atoms. The van der Waals surface area contributed by atoms with Crippen LogP contribution < -0.4 is 26.6 Å². The first-order valence-electron chi connectivity index (χ1n) is 9.05. The fourth-order valence-corrected chi connectivity index (χ4v) is 3.32. The van der Waals surface area contributed by atoms with E-state index < -0.39 is 28.9 Å². The molecular formula is C18H20ClFN6O4. The van der Waals surface area contributed by atoms with Crippen LogP contribution in [0.15, 0.2) is 29.1 Å². The largest absolute Gasteiger partial charge is 0.465 e. The molecule has 0 unspecified atom stereocenters. The van der Waals surface area contributed by atoms with E-state index in [4.69, 9.17) is 16.7 Å². The molecule has 3 rings (SSSR count). The van der Waals surface area contributed by atoms with Gasteiger partial charge in [0.15, 0.2) is 5.82 Å². The lowest BCUT2D eigenvalue weighted by molar-refractivity contribution is 0.0958. The van der Waals surface area contributed by atoms with Gasteiger partial charge in [0.1, 0.15) is 5.82 Å². The smallest absolute Gasteiger partial charge is 0.405 e. The average Bonchev–Trinajstić information content (AvgIpc) is 2.67. The van der Waals surface area contributed by atoms with Crippen LogP contribution in [0, 0.1) is 5.82 Å².